The van der Waals surface area contributed by atoms with Crippen molar-refractivity contribution in [1.29, 1.82) is 0 Å². The molecule has 2 aliphatic heterocycles. The molecule has 1 aromatic rings. The van der Waals surface area contributed by atoms with Gasteiger partial charge in [-0.1, -0.05) is 18.2 Å². The molecule has 0 N–H and O–H groups in total. The van der Waals surface area contributed by atoms with E-state index < -0.39 is 0 Å². The van der Waals surface area contributed by atoms with Crippen LogP contribution in [0.3, 0.4) is 0 Å². The number of methoxy groups -OCH3 is 1. The smallest absolute Gasteiger partial charge is 0.313 e. The van der Waals surface area contributed by atoms with E-state index >= 15 is 0 Å². The van der Waals surface area contributed by atoms with E-state index in [-0.39, 0.29) is 17.8 Å². The molecule has 1 amide bonds. The molecule has 4 rings (SSSR count). The Hall–Kier alpha value is -2.14. The Balaban J connectivity index is 1.84. The van der Waals surface area contributed by atoms with Gasteiger partial charge < -0.3 is 9.64 Å². The standard InChI is InChI=1S/C19H22N2O3/c1-11(22)21-10-12-8-17-15(14-5-4-6-16(21)18(12)14)7-13(9-20(17)2)19(23)24-3/h4-7,12-13,17H,8-10H2,1-3H3/t12?,13-,17-/m1/s1. The van der Waals surface area contributed by atoms with Crippen LogP contribution in [-0.2, 0) is 14.3 Å². The minimum atomic E-state index is -0.232. The second-order valence-corrected chi connectivity index (χ2v) is 7.01. The summed E-state index contributed by atoms with van der Waals surface area (Å²) in [4.78, 5) is 28.2. The monoisotopic (exact) mass is 326 g/mol. The summed E-state index contributed by atoms with van der Waals surface area (Å²) in [7, 11) is 3.51. The number of nitrogens with zero attached hydrogens (tertiary/aromatic N) is 2. The Morgan fingerprint density at radius 1 is 1.25 bits per heavy atom. The van der Waals surface area contributed by atoms with Gasteiger partial charge in [0.15, 0.2) is 0 Å². The number of carbonyl (C=O) groups excluding carboxylic acids is 2. The maximum absolute atomic E-state index is 12.0. The fourth-order valence-electron chi connectivity index (χ4n) is 4.56. The highest BCUT2D eigenvalue weighted by atomic mass is 16.5. The van der Waals surface area contributed by atoms with Gasteiger partial charge in [-0.3, -0.25) is 14.5 Å². The van der Waals surface area contributed by atoms with Gasteiger partial charge in [0.1, 0.15) is 0 Å². The number of hydrogen-bond acceptors (Lipinski definition) is 4. The van der Waals surface area contributed by atoms with Crippen LogP contribution >= 0.6 is 0 Å². The molecule has 1 unspecified atom stereocenters. The van der Waals surface area contributed by atoms with Gasteiger partial charge in [-0.25, -0.2) is 0 Å². The lowest BCUT2D eigenvalue weighted by atomic mass is 9.74. The summed E-state index contributed by atoms with van der Waals surface area (Å²) >= 11 is 0. The summed E-state index contributed by atoms with van der Waals surface area (Å²) in [5.41, 5.74) is 4.71. The first-order chi connectivity index (χ1) is 11.5. The quantitative estimate of drug-likeness (QED) is 0.741. The van der Waals surface area contributed by atoms with Crippen LogP contribution in [0.5, 0.6) is 0 Å². The highest BCUT2D eigenvalue weighted by Gasteiger charge is 2.43. The molecule has 5 nitrogen and oxygen atoms in total. The van der Waals surface area contributed by atoms with E-state index in [1.54, 1.807) is 6.92 Å². The summed E-state index contributed by atoms with van der Waals surface area (Å²) < 4.78 is 4.95. The van der Waals surface area contributed by atoms with Crippen molar-refractivity contribution in [2.45, 2.75) is 25.3 Å². The van der Waals surface area contributed by atoms with E-state index in [1.165, 1.54) is 23.8 Å². The van der Waals surface area contributed by atoms with Crippen molar-refractivity contribution in [1.82, 2.24) is 4.90 Å². The van der Waals surface area contributed by atoms with E-state index in [9.17, 15) is 9.59 Å². The third-order valence-electron chi connectivity index (χ3n) is 5.64. The number of fused-ring (bicyclic) bond motifs is 2. The molecular weight excluding hydrogens is 304 g/mol. The van der Waals surface area contributed by atoms with Crippen molar-refractivity contribution in [3.63, 3.8) is 0 Å². The van der Waals surface area contributed by atoms with Gasteiger partial charge in [0.2, 0.25) is 5.91 Å². The number of amides is 1. The zero-order valence-corrected chi connectivity index (χ0v) is 14.3. The molecule has 0 saturated carbocycles. The van der Waals surface area contributed by atoms with E-state index in [2.05, 4.69) is 24.1 Å². The van der Waals surface area contributed by atoms with Gasteiger partial charge in [-0.15, -0.1) is 0 Å². The molecule has 0 radical (unpaired) electrons. The second kappa shape index (κ2) is 5.45. The van der Waals surface area contributed by atoms with Gasteiger partial charge >= 0.3 is 5.97 Å². The molecule has 24 heavy (non-hydrogen) atoms. The highest BCUT2D eigenvalue weighted by Crippen LogP contribution is 2.50. The largest absolute Gasteiger partial charge is 0.469 e. The van der Waals surface area contributed by atoms with Crippen molar-refractivity contribution < 1.29 is 14.3 Å². The Morgan fingerprint density at radius 3 is 2.75 bits per heavy atom. The number of rotatable bonds is 1. The molecule has 3 atom stereocenters. The zero-order chi connectivity index (χ0) is 17.0. The highest BCUT2D eigenvalue weighted by molar-refractivity contribution is 5.96. The summed E-state index contributed by atoms with van der Waals surface area (Å²) in [5, 5.41) is 0. The Kier molecular flexibility index (Phi) is 3.49. The van der Waals surface area contributed by atoms with Crippen LogP contribution in [0.25, 0.3) is 5.57 Å². The summed E-state index contributed by atoms with van der Waals surface area (Å²) in [6, 6.07) is 6.47. The van der Waals surface area contributed by atoms with Crippen LogP contribution < -0.4 is 4.90 Å². The van der Waals surface area contributed by atoms with Gasteiger partial charge in [0.05, 0.1) is 13.0 Å². The van der Waals surface area contributed by atoms with Crippen LogP contribution in [-0.4, -0.2) is 50.1 Å². The average molecular weight is 326 g/mol. The molecule has 3 aliphatic rings. The first-order valence-electron chi connectivity index (χ1n) is 8.42. The van der Waals surface area contributed by atoms with E-state index in [4.69, 9.17) is 4.74 Å². The molecule has 0 fully saturated rings. The number of ether oxygens (including phenoxy) is 1. The van der Waals surface area contributed by atoms with Crippen LogP contribution in [0.15, 0.2) is 24.3 Å². The first kappa shape index (κ1) is 15.4. The van der Waals surface area contributed by atoms with Crippen LogP contribution in [0.1, 0.15) is 30.4 Å². The molecule has 0 saturated heterocycles. The molecular formula is C19H22N2O3. The van der Waals surface area contributed by atoms with Crippen molar-refractivity contribution in [3.8, 4) is 0 Å². The number of hydrogen-bond donors (Lipinski definition) is 0. The Labute approximate surface area is 141 Å². The Morgan fingerprint density at radius 2 is 2.04 bits per heavy atom. The van der Waals surface area contributed by atoms with Crippen molar-refractivity contribution >= 4 is 23.1 Å². The van der Waals surface area contributed by atoms with Gasteiger partial charge in [-0.2, -0.15) is 0 Å². The van der Waals surface area contributed by atoms with Crippen LogP contribution in [0, 0.1) is 5.92 Å². The number of carbonyl (C=O) groups is 2. The number of anilines is 1. The molecule has 1 aliphatic carbocycles. The molecule has 126 valence electrons. The second-order valence-electron chi connectivity index (χ2n) is 7.01. The Bertz CT molecular complexity index is 755. The average Bonchev–Trinajstić information content (AvgIpc) is 2.95. The maximum atomic E-state index is 12.0. The maximum Gasteiger partial charge on any atom is 0.313 e. The number of benzene rings is 1. The van der Waals surface area contributed by atoms with Gasteiger partial charge in [-0.05, 0) is 36.2 Å². The third kappa shape index (κ3) is 2.11. The minimum Gasteiger partial charge on any atom is -0.469 e. The lowest BCUT2D eigenvalue weighted by molar-refractivity contribution is -0.144. The molecule has 1 aromatic carbocycles. The molecule has 0 spiro atoms. The van der Waals surface area contributed by atoms with Gasteiger partial charge in [0, 0.05) is 37.7 Å². The van der Waals surface area contributed by atoms with Crippen molar-refractivity contribution in [3.05, 3.63) is 35.4 Å². The molecule has 5 heteroatoms. The fourth-order valence-corrected chi connectivity index (χ4v) is 4.56. The predicted octanol–water partition coefficient (Wildman–Crippen LogP) is 2.03. The molecule has 0 aromatic heterocycles. The number of likely N-dealkylation sites (N-methyl/N-ethyl adjacent to an activating group) is 1. The van der Waals surface area contributed by atoms with E-state index in [0.29, 0.717) is 18.5 Å². The third-order valence-corrected chi connectivity index (χ3v) is 5.64. The zero-order valence-electron chi connectivity index (χ0n) is 14.3. The van der Waals surface area contributed by atoms with Crippen molar-refractivity contribution in [2.24, 2.45) is 5.92 Å². The summed E-state index contributed by atoms with van der Waals surface area (Å²) in [6.07, 6.45) is 3.07. The normalized spacial score (nSPS) is 28.0. The number of esters is 1. The minimum absolute atomic E-state index is 0.0931. The lowest BCUT2D eigenvalue weighted by Gasteiger charge is -2.41. The van der Waals surface area contributed by atoms with E-state index in [1.807, 2.05) is 17.0 Å². The van der Waals surface area contributed by atoms with Crippen molar-refractivity contribution in [2.75, 3.05) is 32.1 Å². The summed E-state index contributed by atoms with van der Waals surface area (Å²) in [6.45, 7) is 3.07. The SMILES string of the molecule is COC(=O)[C@@H]1C=C2c3cccc4c3C(C[C@H]2N(C)C1)CN4C(C)=O. The van der Waals surface area contributed by atoms with E-state index in [0.717, 1.165) is 18.7 Å². The van der Waals surface area contributed by atoms with Gasteiger partial charge in [0.25, 0.3) is 0 Å². The van der Waals surface area contributed by atoms with Crippen LogP contribution in [0.4, 0.5) is 5.69 Å². The van der Waals surface area contributed by atoms with Crippen LogP contribution in [0.2, 0.25) is 0 Å². The fraction of sp³-hybridized carbons (Fsp3) is 0.474. The molecule has 2 heterocycles. The first-order valence-corrected chi connectivity index (χ1v) is 8.42. The molecule has 0 bridgehead atoms. The topological polar surface area (TPSA) is 49.9 Å². The lowest BCUT2D eigenvalue weighted by Crippen LogP contribution is -2.45. The predicted molar refractivity (Wildman–Crippen MR) is 91.7 cm³/mol. The summed E-state index contributed by atoms with van der Waals surface area (Å²) in [5.74, 6) is 0.0479.